The fourth-order valence-electron chi connectivity index (χ4n) is 2.32. The van der Waals surface area contributed by atoms with Gasteiger partial charge in [0.25, 0.3) is 0 Å². The van der Waals surface area contributed by atoms with Crippen LogP contribution in [-0.2, 0) is 0 Å². The number of nitrogens with one attached hydrogen (secondary N) is 1. The molecule has 0 saturated carbocycles. The molecule has 0 bridgehead atoms. The van der Waals surface area contributed by atoms with Gasteiger partial charge in [0.15, 0.2) is 0 Å². The van der Waals surface area contributed by atoms with Crippen LogP contribution in [0.15, 0.2) is 12.3 Å². The maximum atomic E-state index is 11.1. The Kier molecular flexibility index (Phi) is 3.92. The average Bonchev–Trinajstić information content (AvgIpc) is 2.90. The highest BCUT2D eigenvalue weighted by atomic mass is 16.6. The van der Waals surface area contributed by atoms with Crippen LogP contribution in [0.25, 0.3) is 0 Å². The van der Waals surface area contributed by atoms with Gasteiger partial charge in [0.1, 0.15) is 11.6 Å². The summed E-state index contributed by atoms with van der Waals surface area (Å²) in [6, 6.07) is 3.52. The lowest BCUT2D eigenvalue weighted by Gasteiger charge is -2.22. The van der Waals surface area contributed by atoms with Gasteiger partial charge in [-0.2, -0.15) is 5.26 Å². The molecule has 1 aliphatic rings. The number of anilines is 1. The molecule has 1 atom stereocenters. The summed E-state index contributed by atoms with van der Waals surface area (Å²) in [4.78, 5) is 16.4. The van der Waals surface area contributed by atoms with Gasteiger partial charge in [-0.15, -0.1) is 0 Å². The van der Waals surface area contributed by atoms with E-state index in [-0.39, 0.29) is 17.1 Å². The van der Waals surface area contributed by atoms with Crippen molar-refractivity contribution < 1.29 is 4.92 Å². The molecule has 2 rings (SSSR count). The number of hydrogen-bond donors (Lipinski definition) is 1. The molecule has 7 heteroatoms. The number of nitriles is 1. The molecular formula is C12H15N5O2. The third-order valence-electron chi connectivity index (χ3n) is 3.23. The quantitative estimate of drug-likeness (QED) is 0.643. The Morgan fingerprint density at radius 3 is 3.11 bits per heavy atom. The predicted molar refractivity (Wildman–Crippen MR) is 69.9 cm³/mol. The number of hydrogen-bond acceptors (Lipinski definition) is 6. The molecule has 1 unspecified atom stereocenters. The third-order valence-corrected chi connectivity index (χ3v) is 3.23. The highest BCUT2D eigenvalue weighted by Gasteiger charge is 2.25. The molecule has 0 aliphatic carbocycles. The van der Waals surface area contributed by atoms with Crippen molar-refractivity contribution in [2.75, 3.05) is 25.0 Å². The van der Waals surface area contributed by atoms with Crippen LogP contribution in [0, 0.1) is 21.4 Å². The maximum Gasteiger partial charge on any atom is 0.329 e. The van der Waals surface area contributed by atoms with Gasteiger partial charge in [0.2, 0.25) is 5.82 Å². The molecular weight excluding hydrogens is 246 g/mol. The molecule has 0 aromatic carbocycles. The van der Waals surface area contributed by atoms with Crippen LogP contribution < -0.4 is 10.2 Å². The van der Waals surface area contributed by atoms with Crippen molar-refractivity contribution in [3.8, 4) is 6.07 Å². The summed E-state index contributed by atoms with van der Waals surface area (Å²) in [5.74, 6) is 0.248. The summed E-state index contributed by atoms with van der Waals surface area (Å²) in [6.07, 6.45) is 3.60. The number of aromatic nitrogens is 1. The molecule has 2 heterocycles. The van der Waals surface area contributed by atoms with Crippen LogP contribution >= 0.6 is 0 Å². The number of rotatable bonds is 4. The van der Waals surface area contributed by atoms with E-state index >= 15 is 0 Å². The number of pyridine rings is 1. The van der Waals surface area contributed by atoms with Crippen molar-refractivity contribution in [2.45, 2.75) is 18.9 Å². The first-order valence-corrected chi connectivity index (χ1v) is 6.11. The fourth-order valence-corrected chi connectivity index (χ4v) is 2.32. The lowest BCUT2D eigenvalue weighted by Crippen LogP contribution is -2.36. The molecule has 0 amide bonds. The summed E-state index contributed by atoms with van der Waals surface area (Å²) in [7, 11) is 1.76. The number of likely N-dealkylation sites (N-methyl/N-ethyl adjacent to an activating group) is 1. The van der Waals surface area contributed by atoms with Gasteiger partial charge in [-0.1, -0.05) is 0 Å². The van der Waals surface area contributed by atoms with E-state index in [0.717, 1.165) is 19.4 Å². The molecule has 1 saturated heterocycles. The monoisotopic (exact) mass is 261 g/mol. The van der Waals surface area contributed by atoms with E-state index in [4.69, 9.17) is 5.26 Å². The minimum atomic E-state index is -0.542. The number of nitrogens with zero attached hydrogens (tertiary/aromatic N) is 4. The van der Waals surface area contributed by atoms with Crippen LogP contribution in [0.2, 0.25) is 0 Å². The van der Waals surface area contributed by atoms with Crippen LogP contribution in [0.4, 0.5) is 11.5 Å². The van der Waals surface area contributed by atoms with Gasteiger partial charge in [-0.25, -0.2) is 4.98 Å². The second kappa shape index (κ2) is 5.63. The van der Waals surface area contributed by atoms with Gasteiger partial charge in [-0.3, -0.25) is 10.1 Å². The molecule has 100 valence electrons. The first-order chi connectivity index (χ1) is 9.13. The third kappa shape index (κ3) is 2.80. The van der Waals surface area contributed by atoms with Gasteiger partial charge in [0, 0.05) is 25.8 Å². The lowest BCUT2D eigenvalue weighted by molar-refractivity contribution is -0.384. The zero-order valence-corrected chi connectivity index (χ0v) is 10.7. The standard InChI is InChI=1S/C12H15N5O2/c1-16(8-10-3-2-5-14-10)12-11(17(18)19)9(7-13)4-6-15-12/h4,6,10,14H,2-3,5,8H2,1H3. The average molecular weight is 261 g/mol. The van der Waals surface area contributed by atoms with E-state index in [9.17, 15) is 10.1 Å². The van der Waals surface area contributed by atoms with E-state index in [0.29, 0.717) is 12.6 Å². The smallest absolute Gasteiger partial charge is 0.329 e. The largest absolute Gasteiger partial charge is 0.352 e. The minimum absolute atomic E-state index is 0.0428. The van der Waals surface area contributed by atoms with Crippen molar-refractivity contribution in [3.63, 3.8) is 0 Å². The topological polar surface area (TPSA) is 95.1 Å². The lowest BCUT2D eigenvalue weighted by atomic mass is 10.2. The first-order valence-electron chi connectivity index (χ1n) is 6.11. The van der Waals surface area contributed by atoms with Gasteiger partial charge >= 0.3 is 5.69 Å². The summed E-state index contributed by atoms with van der Waals surface area (Å²) in [5.41, 5.74) is -0.174. The normalized spacial score (nSPS) is 18.0. The SMILES string of the molecule is CN(CC1CCCN1)c1nccc(C#N)c1[N+](=O)[O-]. The summed E-state index contributed by atoms with van der Waals surface area (Å²) < 4.78 is 0. The molecule has 19 heavy (non-hydrogen) atoms. The highest BCUT2D eigenvalue weighted by Crippen LogP contribution is 2.28. The van der Waals surface area contributed by atoms with Gasteiger partial charge in [-0.05, 0) is 25.5 Å². The zero-order chi connectivity index (χ0) is 13.8. The van der Waals surface area contributed by atoms with Crippen molar-refractivity contribution in [1.82, 2.24) is 10.3 Å². The van der Waals surface area contributed by atoms with Crippen LogP contribution in [0.1, 0.15) is 18.4 Å². The van der Waals surface area contributed by atoms with E-state index in [1.54, 1.807) is 11.9 Å². The predicted octanol–water partition coefficient (Wildman–Crippen LogP) is 1.05. The van der Waals surface area contributed by atoms with Crippen LogP contribution in [0.3, 0.4) is 0 Å². The molecule has 1 N–H and O–H groups in total. The van der Waals surface area contributed by atoms with Crippen molar-refractivity contribution in [1.29, 1.82) is 5.26 Å². The number of nitro groups is 1. The van der Waals surface area contributed by atoms with Crippen molar-refractivity contribution >= 4 is 11.5 Å². The summed E-state index contributed by atoms with van der Waals surface area (Å²) in [5, 5.41) is 23.4. The Morgan fingerprint density at radius 2 is 2.53 bits per heavy atom. The van der Waals surface area contributed by atoms with E-state index in [2.05, 4.69) is 10.3 Å². The highest BCUT2D eigenvalue weighted by molar-refractivity contribution is 5.65. The molecule has 1 fully saturated rings. The second-order valence-electron chi connectivity index (χ2n) is 4.57. The van der Waals surface area contributed by atoms with Crippen LogP contribution in [-0.4, -0.2) is 36.1 Å². The molecule has 7 nitrogen and oxygen atoms in total. The Labute approximate surface area is 111 Å². The molecule has 0 radical (unpaired) electrons. The summed E-state index contributed by atoms with van der Waals surface area (Å²) >= 11 is 0. The van der Waals surface area contributed by atoms with Gasteiger partial charge < -0.3 is 10.2 Å². The van der Waals surface area contributed by atoms with Crippen molar-refractivity contribution in [3.05, 3.63) is 27.9 Å². The van der Waals surface area contributed by atoms with E-state index < -0.39 is 4.92 Å². The second-order valence-corrected chi connectivity index (χ2v) is 4.57. The summed E-state index contributed by atoms with van der Waals surface area (Å²) in [6.45, 7) is 1.62. The van der Waals surface area contributed by atoms with Crippen molar-refractivity contribution in [2.24, 2.45) is 0 Å². The van der Waals surface area contributed by atoms with Crippen LogP contribution in [0.5, 0.6) is 0 Å². The molecule has 1 aromatic heterocycles. The fraction of sp³-hybridized carbons (Fsp3) is 0.500. The van der Waals surface area contributed by atoms with E-state index in [1.165, 1.54) is 12.3 Å². The maximum absolute atomic E-state index is 11.1. The van der Waals surface area contributed by atoms with Gasteiger partial charge in [0.05, 0.1) is 4.92 Å². The molecule has 1 aromatic rings. The Morgan fingerprint density at radius 1 is 1.74 bits per heavy atom. The zero-order valence-electron chi connectivity index (χ0n) is 10.7. The van der Waals surface area contributed by atoms with E-state index in [1.807, 2.05) is 6.07 Å². The minimum Gasteiger partial charge on any atom is -0.352 e. The molecule has 0 spiro atoms. The Hall–Kier alpha value is -2.20. The Balaban J connectivity index is 2.27. The first kappa shape index (κ1) is 13.2. The Bertz CT molecular complexity index is 519. The molecule has 1 aliphatic heterocycles.